The first-order valence-corrected chi connectivity index (χ1v) is 9.50. The first-order valence-electron chi connectivity index (χ1n) is 9.50. The van der Waals surface area contributed by atoms with Crippen LogP contribution in [0, 0.1) is 5.92 Å². The number of nitrogens with zero attached hydrogens (tertiary/aromatic N) is 2. The molecule has 1 aliphatic rings. The van der Waals surface area contributed by atoms with Crippen molar-refractivity contribution >= 4 is 17.2 Å². The van der Waals surface area contributed by atoms with Gasteiger partial charge in [-0.3, -0.25) is 25.5 Å². The highest BCUT2D eigenvalue weighted by Gasteiger charge is 2.29. The minimum atomic E-state index is -0.305. The van der Waals surface area contributed by atoms with Crippen molar-refractivity contribution in [1.82, 2.24) is 25.4 Å². The quantitative estimate of drug-likeness (QED) is 0.540. The van der Waals surface area contributed by atoms with Gasteiger partial charge in [-0.2, -0.15) is 0 Å². The SMILES string of the molecule is CC1NNC(C)C1CCc1cc(=O)n2[nH]cc(C(=O)Nc3ccccc3)c2n1. The Morgan fingerprint density at radius 2 is 1.89 bits per heavy atom. The minimum absolute atomic E-state index is 0.220. The lowest BCUT2D eigenvalue weighted by Crippen LogP contribution is -2.30. The molecule has 4 N–H and O–H groups in total. The molecule has 28 heavy (non-hydrogen) atoms. The summed E-state index contributed by atoms with van der Waals surface area (Å²) in [6.45, 7) is 4.29. The van der Waals surface area contributed by atoms with E-state index in [1.54, 1.807) is 0 Å². The van der Waals surface area contributed by atoms with Gasteiger partial charge in [-0.1, -0.05) is 18.2 Å². The molecule has 4 rings (SSSR count). The van der Waals surface area contributed by atoms with Crippen LogP contribution in [-0.2, 0) is 6.42 Å². The predicted octanol–water partition coefficient (Wildman–Crippen LogP) is 1.71. The van der Waals surface area contributed by atoms with Crippen molar-refractivity contribution in [3.8, 4) is 0 Å². The molecular formula is C20H24N6O2. The van der Waals surface area contributed by atoms with Gasteiger partial charge >= 0.3 is 0 Å². The van der Waals surface area contributed by atoms with E-state index in [1.807, 2.05) is 30.3 Å². The van der Waals surface area contributed by atoms with Gasteiger partial charge in [0, 0.05) is 35.7 Å². The fourth-order valence-electron chi connectivity index (χ4n) is 3.77. The van der Waals surface area contributed by atoms with Gasteiger partial charge < -0.3 is 5.32 Å². The number of anilines is 1. The van der Waals surface area contributed by atoms with Crippen molar-refractivity contribution in [2.45, 2.75) is 38.8 Å². The number of fused-ring (bicyclic) bond motifs is 1. The molecule has 1 saturated heterocycles. The molecule has 0 aliphatic carbocycles. The van der Waals surface area contributed by atoms with Crippen molar-refractivity contribution < 1.29 is 4.79 Å². The van der Waals surface area contributed by atoms with E-state index in [4.69, 9.17) is 0 Å². The lowest BCUT2D eigenvalue weighted by atomic mass is 9.91. The molecule has 1 amide bonds. The number of carbonyl (C=O) groups is 1. The third kappa shape index (κ3) is 3.56. The molecule has 0 radical (unpaired) electrons. The van der Waals surface area contributed by atoms with Crippen LogP contribution in [0.5, 0.6) is 0 Å². The number of hydrogen-bond acceptors (Lipinski definition) is 5. The summed E-state index contributed by atoms with van der Waals surface area (Å²) >= 11 is 0. The first kappa shape index (κ1) is 18.4. The summed E-state index contributed by atoms with van der Waals surface area (Å²) in [6.07, 6.45) is 3.10. The van der Waals surface area contributed by atoms with E-state index < -0.39 is 0 Å². The van der Waals surface area contributed by atoms with E-state index >= 15 is 0 Å². The average molecular weight is 380 g/mol. The molecule has 1 aliphatic heterocycles. The predicted molar refractivity (Wildman–Crippen MR) is 107 cm³/mol. The number of carbonyl (C=O) groups excluding carboxylic acids is 1. The Hall–Kier alpha value is -2.97. The summed E-state index contributed by atoms with van der Waals surface area (Å²) in [5.74, 6) is 0.146. The van der Waals surface area contributed by atoms with Crippen LogP contribution in [0.25, 0.3) is 5.65 Å². The Morgan fingerprint density at radius 1 is 1.18 bits per heavy atom. The summed E-state index contributed by atoms with van der Waals surface area (Å²) in [5, 5.41) is 5.66. The van der Waals surface area contributed by atoms with Gasteiger partial charge in [0.25, 0.3) is 11.5 Å². The second-order valence-corrected chi connectivity index (χ2v) is 7.32. The number of aryl methyl sites for hydroxylation is 1. The fraction of sp³-hybridized carbons (Fsp3) is 0.350. The molecule has 146 valence electrons. The molecule has 3 heterocycles. The number of hydrazine groups is 1. The summed E-state index contributed by atoms with van der Waals surface area (Å²) in [4.78, 5) is 29.7. The van der Waals surface area contributed by atoms with Gasteiger partial charge in [0.1, 0.15) is 5.56 Å². The van der Waals surface area contributed by atoms with Crippen LogP contribution in [0.3, 0.4) is 0 Å². The molecule has 2 aromatic heterocycles. The molecule has 0 saturated carbocycles. The van der Waals surface area contributed by atoms with Crippen LogP contribution in [0.2, 0.25) is 0 Å². The van der Waals surface area contributed by atoms with Crippen LogP contribution in [0.1, 0.15) is 36.3 Å². The summed E-state index contributed by atoms with van der Waals surface area (Å²) < 4.78 is 1.30. The van der Waals surface area contributed by atoms with Gasteiger partial charge in [-0.05, 0) is 44.7 Å². The van der Waals surface area contributed by atoms with Crippen molar-refractivity contribution in [1.29, 1.82) is 0 Å². The van der Waals surface area contributed by atoms with Gasteiger partial charge in [0.2, 0.25) is 0 Å². The maximum absolute atomic E-state index is 12.7. The standard InChI is InChI=1S/C20H24N6O2/c1-12-16(13(2)25-24-12)9-8-15-10-18(27)26-19(22-15)17(11-21-26)20(28)23-14-6-4-3-5-7-14/h3-7,10-13,16,21,24-25H,8-9H2,1-2H3,(H,23,28). The number of H-pyrrole nitrogens is 1. The Morgan fingerprint density at radius 3 is 2.61 bits per heavy atom. The monoisotopic (exact) mass is 380 g/mol. The topological polar surface area (TPSA) is 103 Å². The van der Waals surface area contributed by atoms with Crippen molar-refractivity contribution in [2.75, 3.05) is 5.32 Å². The fourth-order valence-corrected chi connectivity index (χ4v) is 3.77. The van der Waals surface area contributed by atoms with Gasteiger partial charge in [0.05, 0.1) is 0 Å². The number of hydrogen-bond donors (Lipinski definition) is 4. The highest BCUT2D eigenvalue weighted by atomic mass is 16.2. The minimum Gasteiger partial charge on any atom is -0.322 e. The molecule has 2 atom stereocenters. The van der Waals surface area contributed by atoms with Crippen molar-refractivity contribution in [3.05, 3.63) is 64.2 Å². The Labute approximate surface area is 162 Å². The number of aromatic nitrogens is 3. The Balaban J connectivity index is 1.57. The van der Waals surface area contributed by atoms with E-state index in [0.717, 1.165) is 6.42 Å². The second kappa shape index (κ2) is 7.57. The zero-order valence-electron chi connectivity index (χ0n) is 15.9. The zero-order chi connectivity index (χ0) is 19.7. The molecule has 8 heteroatoms. The molecule has 0 spiro atoms. The van der Waals surface area contributed by atoms with E-state index in [2.05, 4.69) is 40.1 Å². The number of amides is 1. The van der Waals surface area contributed by atoms with Gasteiger partial charge in [0.15, 0.2) is 5.65 Å². The van der Waals surface area contributed by atoms with Crippen molar-refractivity contribution in [2.24, 2.45) is 5.92 Å². The summed E-state index contributed by atoms with van der Waals surface area (Å²) in [6, 6.07) is 11.5. The van der Waals surface area contributed by atoms with E-state index in [1.165, 1.54) is 16.8 Å². The van der Waals surface area contributed by atoms with Crippen LogP contribution in [0.15, 0.2) is 47.4 Å². The van der Waals surface area contributed by atoms with Gasteiger partial charge in [-0.25, -0.2) is 9.50 Å². The molecule has 1 fully saturated rings. The van der Waals surface area contributed by atoms with E-state index in [-0.39, 0.29) is 11.5 Å². The maximum Gasteiger partial charge on any atom is 0.272 e. The number of para-hydroxylation sites is 1. The van der Waals surface area contributed by atoms with Crippen LogP contribution >= 0.6 is 0 Å². The third-order valence-corrected chi connectivity index (χ3v) is 5.38. The Bertz CT molecular complexity index is 1030. The first-order chi connectivity index (χ1) is 13.5. The Kier molecular flexibility index (Phi) is 4.97. The number of aromatic amines is 1. The highest BCUT2D eigenvalue weighted by Crippen LogP contribution is 2.20. The van der Waals surface area contributed by atoms with Gasteiger partial charge in [-0.15, -0.1) is 0 Å². The number of benzene rings is 1. The molecule has 0 bridgehead atoms. The van der Waals surface area contributed by atoms with E-state index in [9.17, 15) is 9.59 Å². The van der Waals surface area contributed by atoms with E-state index in [0.29, 0.717) is 47.0 Å². The average Bonchev–Trinajstić information content (AvgIpc) is 3.25. The third-order valence-electron chi connectivity index (χ3n) is 5.38. The summed E-state index contributed by atoms with van der Waals surface area (Å²) in [7, 11) is 0. The summed E-state index contributed by atoms with van der Waals surface area (Å²) in [5.41, 5.74) is 8.35. The number of nitrogens with one attached hydrogen (secondary N) is 4. The molecular weight excluding hydrogens is 356 g/mol. The molecule has 3 aromatic rings. The van der Waals surface area contributed by atoms with Crippen LogP contribution in [0.4, 0.5) is 5.69 Å². The van der Waals surface area contributed by atoms with Crippen LogP contribution < -0.4 is 21.7 Å². The highest BCUT2D eigenvalue weighted by molar-refractivity contribution is 6.08. The van der Waals surface area contributed by atoms with Crippen LogP contribution in [-0.4, -0.2) is 32.6 Å². The zero-order valence-corrected chi connectivity index (χ0v) is 15.9. The number of rotatable bonds is 5. The van der Waals surface area contributed by atoms with Crippen molar-refractivity contribution in [3.63, 3.8) is 0 Å². The largest absolute Gasteiger partial charge is 0.322 e. The normalized spacial score (nSPS) is 21.9. The maximum atomic E-state index is 12.7. The molecule has 1 aromatic carbocycles. The second-order valence-electron chi connectivity index (χ2n) is 7.32. The molecule has 8 nitrogen and oxygen atoms in total. The lowest BCUT2D eigenvalue weighted by molar-refractivity contribution is 0.102. The smallest absolute Gasteiger partial charge is 0.272 e. The lowest BCUT2D eigenvalue weighted by Gasteiger charge is -2.17. The molecule has 2 unspecified atom stereocenters.